The molecule has 1 saturated carbocycles. The second-order valence-corrected chi connectivity index (χ2v) is 4.91. The van der Waals surface area contributed by atoms with Crippen LogP contribution in [-0.2, 0) is 0 Å². The van der Waals surface area contributed by atoms with E-state index in [1.807, 2.05) is 0 Å². The Bertz CT molecular complexity index is 336. The third-order valence-corrected chi connectivity index (χ3v) is 3.51. The molecule has 1 fully saturated rings. The molecule has 1 aromatic heterocycles. The van der Waals surface area contributed by atoms with Gasteiger partial charge < -0.3 is 5.32 Å². The second-order valence-electron chi connectivity index (χ2n) is 4.91. The molecular weight excluding hydrogens is 196 g/mol. The molecule has 1 aliphatic rings. The Kier molecular flexibility index (Phi) is 3.59. The topological polar surface area (TPSA) is 24.9 Å². The summed E-state index contributed by atoms with van der Waals surface area (Å²) in [6, 6.07) is 5.01. The normalized spacial score (nSPS) is 18.2. The third-order valence-electron chi connectivity index (χ3n) is 3.51. The molecule has 0 spiro atoms. The number of aromatic nitrogens is 1. The van der Waals surface area contributed by atoms with E-state index in [4.69, 9.17) is 0 Å². The van der Waals surface area contributed by atoms with Gasteiger partial charge in [-0.3, -0.25) is 4.98 Å². The lowest BCUT2D eigenvalue weighted by Gasteiger charge is -2.34. The Hall–Kier alpha value is -0.890. The van der Waals surface area contributed by atoms with Crippen molar-refractivity contribution in [1.29, 1.82) is 0 Å². The van der Waals surface area contributed by atoms with Gasteiger partial charge in [0.2, 0.25) is 0 Å². The van der Waals surface area contributed by atoms with E-state index < -0.39 is 0 Å². The van der Waals surface area contributed by atoms with Gasteiger partial charge in [-0.15, -0.1) is 0 Å². The zero-order valence-electron chi connectivity index (χ0n) is 10.6. The highest BCUT2D eigenvalue weighted by molar-refractivity contribution is 5.24. The van der Waals surface area contributed by atoms with Crippen LogP contribution in [0.4, 0.5) is 0 Å². The van der Waals surface area contributed by atoms with Gasteiger partial charge in [0.25, 0.3) is 0 Å². The summed E-state index contributed by atoms with van der Waals surface area (Å²) in [4.78, 5) is 4.45. The minimum absolute atomic E-state index is 0.541. The Morgan fingerprint density at radius 2 is 1.94 bits per heavy atom. The van der Waals surface area contributed by atoms with Crippen molar-refractivity contribution in [1.82, 2.24) is 10.3 Å². The summed E-state index contributed by atoms with van der Waals surface area (Å²) in [6.45, 7) is 7.40. The Morgan fingerprint density at radius 1 is 1.31 bits per heavy atom. The van der Waals surface area contributed by atoms with Gasteiger partial charge in [0, 0.05) is 17.4 Å². The molecule has 16 heavy (non-hydrogen) atoms. The number of aryl methyl sites for hydroxylation is 2. The van der Waals surface area contributed by atoms with Crippen molar-refractivity contribution in [3.63, 3.8) is 0 Å². The quantitative estimate of drug-likeness (QED) is 0.839. The zero-order valence-corrected chi connectivity index (χ0v) is 10.6. The molecule has 0 bridgehead atoms. The smallest absolute Gasteiger partial charge is 0.0379 e. The maximum absolute atomic E-state index is 4.45. The minimum Gasteiger partial charge on any atom is -0.310 e. The van der Waals surface area contributed by atoms with Gasteiger partial charge in [-0.25, -0.2) is 0 Å². The van der Waals surface area contributed by atoms with Crippen LogP contribution in [-0.4, -0.2) is 11.5 Å². The lowest BCUT2D eigenvalue weighted by atomic mass is 9.77. The van der Waals surface area contributed by atoms with E-state index in [0.717, 1.165) is 23.9 Å². The standard InChI is InChI=1S/C14H22N2/c1-4-15-14(12-6-5-7-12)13-8-10(2)16-11(3)9-13/h8-9,12,14-15H,4-7H2,1-3H3. The van der Waals surface area contributed by atoms with Crippen molar-refractivity contribution in [3.8, 4) is 0 Å². The molecule has 0 amide bonds. The molecule has 0 aromatic carbocycles. The number of nitrogens with one attached hydrogen (secondary N) is 1. The first kappa shape index (κ1) is 11.6. The molecule has 88 valence electrons. The summed E-state index contributed by atoms with van der Waals surface area (Å²) in [5.74, 6) is 0.834. The van der Waals surface area contributed by atoms with Gasteiger partial charge in [0.15, 0.2) is 0 Å². The molecule has 1 N–H and O–H groups in total. The summed E-state index contributed by atoms with van der Waals surface area (Å²) in [5.41, 5.74) is 3.70. The van der Waals surface area contributed by atoms with Crippen LogP contribution < -0.4 is 5.32 Å². The second kappa shape index (κ2) is 4.96. The van der Waals surface area contributed by atoms with Crippen LogP contribution in [0.5, 0.6) is 0 Å². The molecule has 1 heterocycles. The highest BCUT2D eigenvalue weighted by Gasteiger charge is 2.27. The van der Waals surface area contributed by atoms with Crippen LogP contribution in [0.15, 0.2) is 12.1 Å². The van der Waals surface area contributed by atoms with Gasteiger partial charge in [-0.1, -0.05) is 13.3 Å². The molecule has 1 aliphatic carbocycles. The first-order valence-corrected chi connectivity index (χ1v) is 6.39. The molecule has 1 unspecified atom stereocenters. The number of hydrogen-bond acceptors (Lipinski definition) is 2. The average molecular weight is 218 g/mol. The fraction of sp³-hybridized carbons (Fsp3) is 0.643. The first-order chi connectivity index (χ1) is 7.70. The lowest BCUT2D eigenvalue weighted by molar-refractivity contribution is 0.233. The predicted molar refractivity (Wildman–Crippen MR) is 67.5 cm³/mol. The van der Waals surface area contributed by atoms with E-state index in [2.05, 4.69) is 43.2 Å². The van der Waals surface area contributed by atoms with E-state index >= 15 is 0 Å². The fourth-order valence-corrected chi connectivity index (χ4v) is 2.60. The van der Waals surface area contributed by atoms with Crippen molar-refractivity contribution in [2.45, 2.75) is 46.1 Å². The van der Waals surface area contributed by atoms with E-state index in [-0.39, 0.29) is 0 Å². The molecule has 0 saturated heterocycles. The van der Waals surface area contributed by atoms with E-state index in [9.17, 15) is 0 Å². The summed E-state index contributed by atoms with van der Waals surface area (Å²) >= 11 is 0. The zero-order chi connectivity index (χ0) is 11.5. The van der Waals surface area contributed by atoms with Crippen molar-refractivity contribution in [2.24, 2.45) is 5.92 Å². The highest BCUT2D eigenvalue weighted by atomic mass is 14.9. The van der Waals surface area contributed by atoms with E-state index in [0.29, 0.717) is 6.04 Å². The van der Waals surface area contributed by atoms with Crippen LogP contribution >= 0.6 is 0 Å². The molecule has 1 aromatic rings. The lowest BCUT2D eigenvalue weighted by Crippen LogP contribution is -2.32. The van der Waals surface area contributed by atoms with Gasteiger partial charge in [-0.2, -0.15) is 0 Å². The summed E-state index contributed by atoms with van der Waals surface area (Å²) in [7, 11) is 0. The van der Waals surface area contributed by atoms with E-state index in [1.165, 1.54) is 24.8 Å². The summed E-state index contributed by atoms with van der Waals surface area (Å²) in [5, 5.41) is 3.63. The Labute approximate surface area is 98.5 Å². The molecule has 1 atom stereocenters. The van der Waals surface area contributed by atoms with Crippen LogP contribution in [0.3, 0.4) is 0 Å². The Morgan fingerprint density at radius 3 is 2.38 bits per heavy atom. The highest BCUT2D eigenvalue weighted by Crippen LogP contribution is 2.37. The fourth-order valence-electron chi connectivity index (χ4n) is 2.60. The molecular formula is C14H22N2. The molecule has 0 radical (unpaired) electrons. The van der Waals surface area contributed by atoms with Crippen LogP contribution in [0.1, 0.15) is 49.2 Å². The van der Waals surface area contributed by atoms with Crippen molar-refractivity contribution in [2.75, 3.05) is 6.54 Å². The predicted octanol–water partition coefficient (Wildman–Crippen LogP) is 3.15. The van der Waals surface area contributed by atoms with E-state index in [1.54, 1.807) is 0 Å². The summed E-state index contributed by atoms with van der Waals surface area (Å²) < 4.78 is 0. The van der Waals surface area contributed by atoms with Crippen molar-refractivity contribution in [3.05, 3.63) is 29.1 Å². The van der Waals surface area contributed by atoms with Crippen molar-refractivity contribution < 1.29 is 0 Å². The van der Waals surface area contributed by atoms with Gasteiger partial charge in [-0.05, 0) is 56.8 Å². The average Bonchev–Trinajstić information content (AvgIpc) is 2.12. The molecule has 2 heteroatoms. The molecule has 2 nitrogen and oxygen atoms in total. The van der Waals surface area contributed by atoms with Gasteiger partial charge in [0.1, 0.15) is 0 Å². The number of rotatable bonds is 4. The van der Waals surface area contributed by atoms with Crippen molar-refractivity contribution >= 4 is 0 Å². The Balaban J connectivity index is 2.22. The van der Waals surface area contributed by atoms with Crippen LogP contribution in [0.2, 0.25) is 0 Å². The minimum atomic E-state index is 0.541. The maximum atomic E-state index is 4.45. The maximum Gasteiger partial charge on any atom is 0.0379 e. The third kappa shape index (κ3) is 2.43. The number of nitrogens with zero attached hydrogens (tertiary/aromatic N) is 1. The largest absolute Gasteiger partial charge is 0.310 e. The van der Waals surface area contributed by atoms with Crippen LogP contribution in [0.25, 0.3) is 0 Å². The number of hydrogen-bond donors (Lipinski definition) is 1. The van der Waals surface area contributed by atoms with Crippen LogP contribution in [0, 0.1) is 19.8 Å². The molecule has 2 rings (SSSR count). The summed E-state index contributed by atoms with van der Waals surface area (Å²) in [6.07, 6.45) is 4.14. The monoisotopic (exact) mass is 218 g/mol. The first-order valence-electron chi connectivity index (χ1n) is 6.39. The van der Waals surface area contributed by atoms with Gasteiger partial charge in [0.05, 0.1) is 0 Å². The SMILES string of the molecule is CCNC(c1cc(C)nc(C)c1)C1CCC1. The number of pyridine rings is 1. The van der Waals surface area contributed by atoms with Gasteiger partial charge >= 0.3 is 0 Å². The molecule has 0 aliphatic heterocycles.